The number of H-pyrrole nitrogens is 1. The topological polar surface area (TPSA) is 62.0 Å². The van der Waals surface area contributed by atoms with Gasteiger partial charge in [-0.05, 0) is 47.9 Å². The quantitative estimate of drug-likeness (QED) is 0.726. The van der Waals surface area contributed by atoms with Gasteiger partial charge in [0, 0.05) is 5.02 Å². The number of fused-ring (bicyclic) bond motifs is 1. The van der Waals surface area contributed by atoms with E-state index < -0.39 is 17.3 Å². The fraction of sp³-hybridized carbons (Fsp3) is 0. The summed E-state index contributed by atoms with van der Waals surface area (Å²) in [6.07, 6.45) is 0. The van der Waals surface area contributed by atoms with E-state index in [0.717, 1.165) is 0 Å². The molecule has 0 fully saturated rings. The fourth-order valence-corrected chi connectivity index (χ4v) is 2.46. The summed E-state index contributed by atoms with van der Waals surface area (Å²) in [6.45, 7) is 0. The summed E-state index contributed by atoms with van der Waals surface area (Å²) in [4.78, 5) is 26.8. The maximum Gasteiger partial charge on any atom is 0.261 e. The van der Waals surface area contributed by atoms with Crippen LogP contribution in [0.3, 0.4) is 0 Å². The van der Waals surface area contributed by atoms with Crippen LogP contribution in [0.15, 0.2) is 47.3 Å². The van der Waals surface area contributed by atoms with E-state index in [-0.39, 0.29) is 5.56 Å². The highest BCUT2D eigenvalue weighted by Crippen LogP contribution is 2.25. The van der Waals surface area contributed by atoms with Gasteiger partial charge in [-0.2, -0.15) is 0 Å². The lowest BCUT2D eigenvalue weighted by Gasteiger charge is -2.08. The molecule has 116 valence electrons. The van der Waals surface area contributed by atoms with Crippen molar-refractivity contribution in [2.45, 2.75) is 0 Å². The zero-order chi connectivity index (χ0) is 16.6. The molecule has 0 bridgehead atoms. The SMILES string of the molecule is O=C(Nc1cc(Cl)ccc1Cl)c1cc2ccc(F)cc2[nH]c1=O. The Labute approximate surface area is 139 Å². The van der Waals surface area contributed by atoms with E-state index in [0.29, 0.717) is 26.6 Å². The Bertz CT molecular complexity index is 985. The number of halogens is 3. The van der Waals surface area contributed by atoms with Gasteiger partial charge in [0.2, 0.25) is 0 Å². The molecule has 1 heterocycles. The van der Waals surface area contributed by atoms with Crippen LogP contribution in [-0.4, -0.2) is 10.9 Å². The zero-order valence-electron chi connectivity index (χ0n) is 11.5. The molecule has 0 aliphatic rings. The standard InChI is InChI=1S/C16H9Cl2FN2O2/c17-9-2-4-12(18)14(6-9)21-16(23)11-5-8-1-3-10(19)7-13(8)20-15(11)22/h1-7H,(H,20,22)(H,21,23). The molecule has 0 spiro atoms. The third kappa shape index (κ3) is 3.21. The van der Waals surface area contributed by atoms with Crippen molar-refractivity contribution < 1.29 is 9.18 Å². The fourth-order valence-electron chi connectivity index (χ4n) is 2.12. The summed E-state index contributed by atoms with van der Waals surface area (Å²) in [6, 6.07) is 9.89. The van der Waals surface area contributed by atoms with Crippen molar-refractivity contribution in [3.05, 3.63) is 74.2 Å². The van der Waals surface area contributed by atoms with E-state index in [9.17, 15) is 14.0 Å². The lowest BCUT2D eigenvalue weighted by molar-refractivity contribution is 0.102. The average molecular weight is 351 g/mol. The molecule has 0 unspecified atom stereocenters. The monoisotopic (exact) mass is 350 g/mol. The number of rotatable bonds is 2. The summed E-state index contributed by atoms with van der Waals surface area (Å²) in [5.74, 6) is -1.11. The number of amides is 1. The van der Waals surface area contributed by atoms with E-state index in [1.165, 1.54) is 36.4 Å². The number of nitrogens with one attached hydrogen (secondary N) is 2. The maximum atomic E-state index is 13.2. The first-order valence-corrected chi connectivity index (χ1v) is 7.28. The van der Waals surface area contributed by atoms with Crippen LogP contribution in [0.1, 0.15) is 10.4 Å². The Morgan fingerprint density at radius 1 is 1.09 bits per heavy atom. The van der Waals surface area contributed by atoms with E-state index >= 15 is 0 Å². The van der Waals surface area contributed by atoms with Crippen LogP contribution in [0.2, 0.25) is 10.0 Å². The van der Waals surface area contributed by atoms with Crippen LogP contribution in [-0.2, 0) is 0 Å². The minimum absolute atomic E-state index is 0.111. The number of benzene rings is 2. The number of hydrogen-bond acceptors (Lipinski definition) is 2. The van der Waals surface area contributed by atoms with Gasteiger partial charge in [-0.15, -0.1) is 0 Å². The Balaban J connectivity index is 2.00. The molecule has 0 aliphatic carbocycles. The van der Waals surface area contributed by atoms with Crippen molar-refractivity contribution >= 4 is 45.7 Å². The highest BCUT2D eigenvalue weighted by atomic mass is 35.5. The zero-order valence-corrected chi connectivity index (χ0v) is 13.0. The van der Waals surface area contributed by atoms with Crippen LogP contribution in [0.5, 0.6) is 0 Å². The molecule has 7 heteroatoms. The molecule has 0 aliphatic heterocycles. The van der Waals surface area contributed by atoms with Crippen LogP contribution < -0.4 is 10.9 Å². The normalized spacial score (nSPS) is 10.7. The second-order valence-corrected chi connectivity index (χ2v) is 5.67. The van der Waals surface area contributed by atoms with Crippen molar-refractivity contribution in [3.63, 3.8) is 0 Å². The van der Waals surface area contributed by atoms with Gasteiger partial charge in [0.1, 0.15) is 11.4 Å². The molecule has 4 nitrogen and oxygen atoms in total. The Kier molecular flexibility index (Phi) is 4.07. The third-order valence-corrected chi connectivity index (χ3v) is 3.79. The van der Waals surface area contributed by atoms with Gasteiger partial charge in [0.05, 0.1) is 16.2 Å². The van der Waals surface area contributed by atoms with Gasteiger partial charge in [-0.1, -0.05) is 23.2 Å². The Morgan fingerprint density at radius 3 is 2.65 bits per heavy atom. The highest BCUT2D eigenvalue weighted by molar-refractivity contribution is 6.35. The van der Waals surface area contributed by atoms with Crippen molar-refractivity contribution in [2.75, 3.05) is 5.32 Å². The van der Waals surface area contributed by atoms with Gasteiger partial charge in [-0.3, -0.25) is 9.59 Å². The number of aromatic amines is 1. The summed E-state index contributed by atoms with van der Waals surface area (Å²) >= 11 is 11.8. The smallest absolute Gasteiger partial charge is 0.261 e. The largest absolute Gasteiger partial charge is 0.321 e. The molecule has 1 amide bonds. The number of hydrogen-bond donors (Lipinski definition) is 2. The van der Waals surface area contributed by atoms with Crippen molar-refractivity contribution in [3.8, 4) is 0 Å². The van der Waals surface area contributed by atoms with Gasteiger partial charge >= 0.3 is 0 Å². The molecule has 3 rings (SSSR count). The first-order chi connectivity index (χ1) is 10.9. The molecule has 0 saturated carbocycles. The second-order valence-electron chi connectivity index (χ2n) is 4.82. The Morgan fingerprint density at radius 2 is 1.87 bits per heavy atom. The number of pyridine rings is 1. The lowest BCUT2D eigenvalue weighted by atomic mass is 10.1. The molecule has 0 atom stereocenters. The summed E-state index contributed by atoms with van der Waals surface area (Å²) < 4.78 is 13.2. The van der Waals surface area contributed by atoms with Gasteiger partial charge in [-0.25, -0.2) is 4.39 Å². The average Bonchev–Trinajstić information content (AvgIpc) is 2.50. The van der Waals surface area contributed by atoms with Gasteiger partial charge < -0.3 is 10.3 Å². The van der Waals surface area contributed by atoms with Gasteiger partial charge in [0.15, 0.2) is 0 Å². The maximum absolute atomic E-state index is 13.2. The second kappa shape index (κ2) is 6.02. The molecule has 0 saturated heterocycles. The molecule has 0 radical (unpaired) electrons. The van der Waals surface area contributed by atoms with Crippen molar-refractivity contribution in [1.82, 2.24) is 4.98 Å². The number of carbonyl (C=O) groups excluding carboxylic acids is 1. The molecular weight excluding hydrogens is 342 g/mol. The van der Waals surface area contributed by atoms with Crippen molar-refractivity contribution in [1.29, 1.82) is 0 Å². The predicted octanol–water partition coefficient (Wildman–Crippen LogP) is 4.23. The lowest BCUT2D eigenvalue weighted by Crippen LogP contribution is -2.23. The van der Waals surface area contributed by atoms with Crippen LogP contribution in [0.25, 0.3) is 10.9 Å². The van der Waals surface area contributed by atoms with E-state index in [2.05, 4.69) is 10.3 Å². The molecule has 2 aromatic carbocycles. The van der Waals surface area contributed by atoms with Crippen LogP contribution in [0, 0.1) is 5.82 Å². The van der Waals surface area contributed by atoms with Crippen LogP contribution >= 0.6 is 23.2 Å². The van der Waals surface area contributed by atoms with E-state index in [1.807, 2.05) is 0 Å². The molecule has 1 aromatic heterocycles. The number of carbonyl (C=O) groups is 1. The minimum Gasteiger partial charge on any atom is -0.321 e. The first kappa shape index (κ1) is 15.5. The van der Waals surface area contributed by atoms with Crippen molar-refractivity contribution in [2.24, 2.45) is 0 Å². The van der Waals surface area contributed by atoms with E-state index in [4.69, 9.17) is 23.2 Å². The molecular formula is C16H9Cl2FN2O2. The first-order valence-electron chi connectivity index (χ1n) is 6.53. The third-order valence-electron chi connectivity index (χ3n) is 3.23. The molecule has 2 N–H and O–H groups in total. The summed E-state index contributed by atoms with van der Waals surface area (Å²) in [7, 11) is 0. The molecule has 3 aromatic rings. The summed E-state index contributed by atoms with van der Waals surface area (Å²) in [5.41, 5.74) is -0.131. The minimum atomic E-state index is -0.637. The number of anilines is 1. The highest BCUT2D eigenvalue weighted by Gasteiger charge is 2.14. The van der Waals surface area contributed by atoms with Crippen LogP contribution in [0.4, 0.5) is 10.1 Å². The number of aromatic nitrogens is 1. The van der Waals surface area contributed by atoms with Gasteiger partial charge in [0.25, 0.3) is 11.5 Å². The predicted molar refractivity (Wildman–Crippen MR) is 88.9 cm³/mol. The molecule has 23 heavy (non-hydrogen) atoms. The Hall–Kier alpha value is -2.37. The van der Waals surface area contributed by atoms with E-state index in [1.54, 1.807) is 6.07 Å². The summed E-state index contributed by atoms with van der Waals surface area (Å²) in [5, 5.41) is 3.76.